The monoisotopic (exact) mass is 285 g/mol. The highest BCUT2D eigenvalue weighted by Gasteiger charge is 2.01. The Kier molecular flexibility index (Phi) is 6.19. The third-order valence-corrected chi connectivity index (χ3v) is 3.41. The first-order valence-electron chi connectivity index (χ1n) is 7.27. The third kappa shape index (κ3) is 5.53. The van der Waals surface area contributed by atoms with Crippen LogP contribution in [0.15, 0.2) is 48.8 Å². The molecule has 1 heterocycles. The van der Waals surface area contributed by atoms with Crippen LogP contribution >= 0.6 is 0 Å². The minimum absolute atomic E-state index is 0.545. The number of ether oxygens (including phenoxy) is 1. The maximum absolute atomic E-state index is 5.76. The van der Waals surface area contributed by atoms with Crippen LogP contribution in [-0.4, -0.2) is 36.6 Å². The van der Waals surface area contributed by atoms with E-state index in [1.54, 1.807) is 0 Å². The first kappa shape index (κ1) is 15.5. The molecule has 0 fully saturated rings. The molecule has 0 radical (unpaired) electrons. The van der Waals surface area contributed by atoms with Crippen LogP contribution in [0.5, 0.6) is 5.75 Å². The van der Waals surface area contributed by atoms with Crippen molar-refractivity contribution in [3.63, 3.8) is 0 Å². The molecule has 0 saturated carbocycles. The second kappa shape index (κ2) is 8.39. The van der Waals surface area contributed by atoms with Gasteiger partial charge in [0.1, 0.15) is 12.4 Å². The van der Waals surface area contributed by atoms with Gasteiger partial charge in [-0.15, -0.1) is 0 Å². The molecule has 4 heteroatoms. The van der Waals surface area contributed by atoms with Crippen LogP contribution < -0.4 is 10.5 Å². The van der Waals surface area contributed by atoms with Gasteiger partial charge in [0.05, 0.1) is 0 Å². The van der Waals surface area contributed by atoms with Crippen molar-refractivity contribution in [1.29, 1.82) is 0 Å². The van der Waals surface area contributed by atoms with Gasteiger partial charge in [-0.25, -0.2) is 0 Å². The van der Waals surface area contributed by atoms with Crippen LogP contribution in [-0.2, 0) is 13.0 Å². The summed E-state index contributed by atoms with van der Waals surface area (Å²) < 4.78 is 5.76. The SMILES string of the molecule is CN(CCOc1cccc(CN)c1)CCc1ccncc1. The molecule has 1 aromatic carbocycles. The van der Waals surface area contributed by atoms with Crippen molar-refractivity contribution in [3.05, 3.63) is 59.9 Å². The second-order valence-electron chi connectivity index (χ2n) is 5.11. The Morgan fingerprint density at radius 3 is 2.67 bits per heavy atom. The zero-order valence-electron chi connectivity index (χ0n) is 12.5. The smallest absolute Gasteiger partial charge is 0.119 e. The number of nitrogens with two attached hydrogens (primary N) is 1. The Hall–Kier alpha value is -1.91. The highest BCUT2D eigenvalue weighted by molar-refractivity contribution is 5.28. The molecule has 2 N–H and O–H groups in total. The number of rotatable bonds is 8. The molecule has 0 aliphatic carbocycles. The van der Waals surface area contributed by atoms with Gasteiger partial charge in [0.15, 0.2) is 0 Å². The first-order chi connectivity index (χ1) is 10.3. The molecule has 21 heavy (non-hydrogen) atoms. The van der Waals surface area contributed by atoms with Gasteiger partial charge in [-0.1, -0.05) is 12.1 Å². The Bertz CT molecular complexity index is 531. The van der Waals surface area contributed by atoms with E-state index in [1.165, 1.54) is 5.56 Å². The third-order valence-electron chi connectivity index (χ3n) is 3.41. The molecule has 2 rings (SSSR count). The number of likely N-dealkylation sites (N-methyl/N-ethyl adjacent to an activating group) is 1. The van der Waals surface area contributed by atoms with Gasteiger partial charge in [0.2, 0.25) is 0 Å². The van der Waals surface area contributed by atoms with E-state index in [9.17, 15) is 0 Å². The van der Waals surface area contributed by atoms with Crippen LogP contribution in [0.25, 0.3) is 0 Å². The molecule has 0 bridgehead atoms. The molecule has 0 aliphatic rings. The zero-order chi connectivity index (χ0) is 14.9. The van der Waals surface area contributed by atoms with Gasteiger partial charge in [-0.2, -0.15) is 0 Å². The Labute approximate surface area is 126 Å². The lowest BCUT2D eigenvalue weighted by atomic mass is 10.2. The molecule has 0 saturated heterocycles. The lowest BCUT2D eigenvalue weighted by Gasteiger charge is -2.17. The van der Waals surface area contributed by atoms with Crippen molar-refractivity contribution < 1.29 is 4.74 Å². The topological polar surface area (TPSA) is 51.4 Å². The maximum Gasteiger partial charge on any atom is 0.119 e. The van der Waals surface area contributed by atoms with Crippen molar-refractivity contribution in [3.8, 4) is 5.75 Å². The van der Waals surface area contributed by atoms with E-state index in [-0.39, 0.29) is 0 Å². The van der Waals surface area contributed by atoms with Crippen molar-refractivity contribution in [1.82, 2.24) is 9.88 Å². The van der Waals surface area contributed by atoms with Crippen molar-refractivity contribution in [2.45, 2.75) is 13.0 Å². The molecule has 0 spiro atoms. The molecule has 0 unspecified atom stereocenters. The summed E-state index contributed by atoms with van der Waals surface area (Å²) in [6.07, 6.45) is 4.70. The molecule has 4 nitrogen and oxygen atoms in total. The van der Waals surface area contributed by atoms with Crippen LogP contribution in [0.4, 0.5) is 0 Å². The molecule has 0 amide bonds. The summed E-state index contributed by atoms with van der Waals surface area (Å²) >= 11 is 0. The predicted octanol–water partition coefficient (Wildman–Crippen LogP) is 2.09. The van der Waals surface area contributed by atoms with Gasteiger partial charge in [0.25, 0.3) is 0 Å². The van der Waals surface area contributed by atoms with E-state index in [2.05, 4.69) is 29.1 Å². The normalized spacial score (nSPS) is 10.8. The van der Waals surface area contributed by atoms with E-state index >= 15 is 0 Å². The van der Waals surface area contributed by atoms with Crippen LogP contribution in [0.1, 0.15) is 11.1 Å². The minimum Gasteiger partial charge on any atom is -0.492 e. The maximum atomic E-state index is 5.76. The molecule has 0 atom stereocenters. The molecule has 2 aromatic rings. The fourth-order valence-corrected chi connectivity index (χ4v) is 2.06. The van der Waals surface area contributed by atoms with E-state index in [4.69, 9.17) is 10.5 Å². The number of aromatic nitrogens is 1. The van der Waals surface area contributed by atoms with Gasteiger partial charge >= 0.3 is 0 Å². The fraction of sp³-hybridized carbons (Fsp3) is 0.353. The summed E-state index contributed by atoms with van der Waals surface area (Å²) in [5, 5.41) is 0. The number of hydrogen-bond donors (Lipinski definition) is 1. The average Bonchev–Trinajstić information content (AvgIpc) is 2.54. The lowest BCUT2D eigenvalue weighted by molar-refractivity contribution is 0.239. The number of pyridine rings is 1. The van der Waals surface area contributed by atoms with Gasteiger partial charge < -0.3 is 15.4 Å². The molecular formula is C17H23N3O. The summed E-state index contributed by atoms with van der Waals surface area (Å²) in [7, 11) is 2.11. The van der Waals surface area contributed by atoms with Gasteiger partial charge in [0, 0.05) is 32.0 Å². The van der Waals surface area contributed by atoms with E-state index < -0.39 is 0 Å². The predicted molar refractivity (Wildman–Crippen MR) is 85.3 cm³/mol. The summed E-state index contributed by atoms with van der Waals surface area (Å²) in [5.74, 6) is 0.889. The van der Waals surface area contributed by atoms with Crippen LogP contribution in [0, 0.1) is 0 Å². The van der Waals surface area contributed by atoms with Gasteiger partial charge in [-0.3, -0.25) is 4.98 Å². The summed E-state index contributed by atoms with van der Waals surface area (Å²) in [4.78, 5) is 6.30. The van der Waals surface area contributed by atoms with E-state index in [0.29, 0.717) is 13.2 Å². The Balaban J connectivity index is 1.68. The number of hydrogen-bond acceptors (Lipinski definition) is 4. The second-order valence-corrected chi connectivity index (χ2v) is 5.11. The standard InChI is InChI=1S/C17H23N3O/c1-20(10-7-15-5-8-19-9-6-15)11-12-21-17-4-2-3-16(13-17)14-18/h2-6,8-9,13H,7,10-12,14,18H2,1H3. The zero-order valence-corrected chi connectivity index (χ0v) is 12.5. The summed E-state index contributed by atoms with van der Waals surface area (Å²) in [6.45, 7) is 3.14. The van der Waals surface area contributed by atoms with E-state index in [0.717, 1.165) is 30.8 Å². The molecule has 1 aromatic heterocycles. The average molecular weight is 285 g/mol. The van der Waals surface area contributed by atoms with Crippen LogP contribution in [0.2, 0.25) is 0 Å². The van der Waals surface area contributed by atoms with E-state index in [1.807, 2.05) is 36.7 Å². The number of benzene rings is 1. The highest BCUT2D eigenvalue weighted by Crippen LogP contribution is 2.12. The molecule has 0 aliphatic heterocycles. The summed E-state index contributed by atoms with van der Waals surface area (Å²) in [6, 6.07) is 12.1. The first-order valence-corrected chi connectivity index (χ1v) is 7.27. The van der Waals surface area contributed by atoms with Crippen molar-refractivity contribution in [2.75, 3.05) is 26.7 Å². The number of nitrogens with zero attached hydrogens (tertiary/aromatic N) is 2. The van der Waals surface area contributed by atoms with Crippen molar-refractivity contribution >= 4 is 0 Å². The highest BCUT2D eigenvalue weighted by atomic mass is 16.5. The van der Waals surface area contributed by atoms with Gasteiger partial charge in [-0.05, 0) is 48.9 Å². The lowest BCUT2D eigenvalue weighted by Crippen LogP contribution is -2.26. The molecular weight excluding hydrogens is 262 g/mol. The van der Waals surface area contributed by atoms with Crippen LogP contribution in [0.3, 0.4) is 0 Å². The Morgan fingerprint density at radius 1 is 1.10 bits per heavy atom. The molecule has 112 valence electrons. The minimum atomic E-state index is 0.545. The quantitative estimate of drug-likeness (QED) is 0.807. The van der Waals surface area contributed by atoms with Crippen molar-refractivity contribution in [2.24, 2.45) is 5.73 Å². The largest absolute Gasteiger partial charge is 0.492 e. The fourth-order valence-electron chi connectivity index (χ4n) is 2.06. The Morgan fingerprint density at radius 2 is 1.90 bits per heavy atom. The summed E-state index contributed by atoms with van der Waals surface area (Å²) in [5.41, 5.74) is 8.03.